The highest BCUT2D eigenvalue weighted by Gasteiger charge is 2.21. The van der Waals surface area contributed by atoms with Crippen molar-refractivity contribution in [2.75, 3.05) is 33.2 Å². The number of hydrazine groups is 1. The molecule has 0 aliphatic carbocycles. The van der Waals surface area contributed by atoms with Gasteiger partial charge in [-0.15, -0.1) is 0 Å². The molecule has 1 aliphatic heterocycles. The number of carboxylic acids is 1. The maximum atomic E-state index is 12.0. The van der Waals surface area contributed by atoms with Gasteiger partial charge >= 0.3 is 5.97 Å². The van der Waals surface area contributed by atoms with Gasteiger partial charge in [0.2, 0.25) is 0 Å². The quantitative estimate of drug-likeness (QED) is 0.777. The SMILES string of the molecule is CN1CCN(NC(=O)c2ncccc2C(=O)O)CC1. The highest BCUT2D eigenvalue weighted by atomic mass is 16.4. The fourth-order valence-corrected chi connectivity index (χ4v) is 1.87. The summed E-state index contributed by atoms with van der Waals surface area (Å²) in [6, 6.07) is 2.87. The van der Waals surface area contributed by atoms with Gasteiger partial charge in [0.05, 0.1) is 5.56 Å². The van der Waals surface area contributed by atoms with Crippen LogP contribution in [0.5, 0.6) is 0 Å². The van der Waals surface area contributed by atoms with E-state index in [0.29, 0.717) is 13.1 Å². The van der Waals surface area contributed by atoms with Gasteiger partial charge in [0.25, 0.3) is 5.91 Å². The lowest BCUT2D eigenvalue weighted by Crippen LogP contribution is -2.52. The number of amides is 1. The van der Waals surface area contributed by atoms with Crippen molar-refractivity contribution in [3.63, 3.8) is 0 Å². The van der Waals surface area contributed by atoms with E-state index in [1.165, 1.54) is 18.3 Å². The molecule has 0 aromatic carbocycles. The Bertz CT molecular complexity index is 484. The summed E-state index contributed by atoms with van der Waals surface area (Å²) in [7, 11) is 2.01. The average molecular weight is 264 g/mol. The van der Waals surface area contributed by atoms with Crippen molar-refractivity contribution in [2.24, 2.45) is 0 Å². The number of rotatable bonds is 3. The average Bonchev–Trinajstić information content (AvgIpc) is 2.41. The number of pyridine rings is 1. The van der Waals surface area contributed by atoms with Crippen molar-refractivity contribution < 1.29 is 14.7 Å². The van der Waals surface area contributed by atoms with Crippen LogP contribution in [0.25, 0.3) is 0 Å². The van der Waals surface area contributed by atoms with Crippen LogP contribution in [0.2, 0.25) is 0 Å². The van der Waals surface area contributed by atoms with Crippen LogP contribution >= 0.6 is 0 Å². The van der Waals surface area contributed by atoms with Crippen molar-refractivity contribution in [3.8, 4) is 0 Å². The van der Waals surface area contributed by atoms with Crippen molar-refractivity contribution >= 4 is 11.9 Å². The molecule has 2 N–H and O–H groups in total. The first-order chi connectivity index (χ1) is 9.08. The monoisotopic (exact) mass is 264 g/mol. The first kappa shape index (κ1) is 13.4. The first-order valence-corrected chi connectivity index (χ1v) is 6.00. The smallest absolute Gasteiger partial charge is 0.338 e. The predicted octanol–water partition coefficient (Wildman–Crippen LogP) is -0.328. The zero-order chi connectivity index (χ0) is 13.8. The first-order valence-electron chi connectivity index (χ1n) is 6.00. The topological polar surface area (TPSA) is 85.8 Å². The molecule has 1 fully saturated rings. The number of carbonyl (C=O) groups is 2. The van der Waals surface area contributed by atoms with Gasteiger partial charge in [-0.25, -0.2) is 9.80 Å². The van der Waals surface area contributed by atoms with Gasteiger partial charge in [-0.05, 0) is 19.2 Å². The highest BCUT2D eigenvalue weighted by molar-refractivity contribution is 6.03. The molecule has 2 rings (SSSR count). The van der Waals surface area contributed by atoms with Crippen LogP contribution in [-0.4, -0.2) is 65.1 Å². The fraction of sp³-hybridized carbons (Fsp3) is 0.417. The van der Waals surface area contributed by atoms with Crippen molar-refractivity contribution in [1.29, 1.82) is 0 Å². The van der Waals surface area contributed by atoms with Gasteiger partial charge in [-0.3, -0.25) is 15.2 Å². The highest BCUT2D eigenvalue weighted by Crippen LogP contribution is 2.06. The molecule has 1 aromatic heterocycles. The molecule has 1 aromatic rings. The zero-order valence-corrected chi connectivity index (χ0v) is 10.7. The Morgan fingerprint density at radius 1 is 1.32 bits per heavy atom. The summed E-state index contributed by atoms with van der Waals surface area (Å²) < 4.78 is 0. The number of hydrogen-bond acceptors (Lipinski definition) is 5. The van der Waals surface area contributed by atoms with Crippen molar-refractivity contribution in [1.82, 2.24) is 20.3 Å². The molecule has 1 amide bonds. The second-order valence-electron chi connectivity index (χ2n) is 4.44. The second-order valence-corrected chi connectivity index (χ2v) is 4.44. The molecule has 1 saturated heterocycles. The lowest BCUT2D eigenvalue weighted by atomic mass is 10.2. The fourth-order valence-electron chi connectivity index (χ4n) is 1.87. The van der Waals surface area contributed by atoms with Gasteiger partial charge in [-0.2, -0.15) is 0 Å². The number of nitrogens with one attached hydrogen (secondary N) is 1. The summed E-state index contributed by atoms with van der Waals surface area (Å²) >= 11 is 0. The summed E-state index contributed by atoms with van der Waals surface area (Å²) in [4.78, 5) is 29.1. The molecule has 0 spiro atoms. The van der Waals surface area contributed by atoms with E-state index in [0.717, 1.165) is 13.1 Å². The second kappa shape index (κ2) is 5.77. The minimum absolute atomic E-state index is 0.0612. The van der Waals surface area contributed by atoms with E-state index >= 15 is 0 Å². The lowest BCUT2D eigenvalue weighted by molar-refractivity contribution is 0.0633. The van der Waals surface area contributed by atoms with Gasteiger partial charge < -0.3 is 10.0 Å². The van der Waals surface area contributed by atoms with E-state index in [1.807, 2.05) is 7.05 Å². The number of carboxylic acid groups (broad SMARTS) is 1. The summed E-state index contributed by atoms with van der Waals surface area (Å²) in [5.41, 5.74) is 2.54. The Balaban J connectivity index is 2.06. The van der Waals surface area contributed by atoms with Crippen LogP contribution in [0.15, 0.2) is 18.3 Å². The van der Waals surface area contributed by atoms with Gasteiger partial charge in [0, 0.05) is 32.4 Å². The van der Waals surface area contributed by atoms with E-state index < -0.39 is 11.9 Å². The molecule has 7 heteroatoms. The molecule has 0 atom stereocenters. The number of piperazine rings is 1. The molecular weight excluding hydrogens is 248 g/mol. The minimum atomic E-state index is -1.16. The maximum absolute atomic E-state index is 12.0. The van der Waals surface area contributed by atoms with Gasteiger partial charge in [0.15, 0.2) is 0 Å². The van der Waals surface area contributed by atoms with E-state index in [4.69, 9.17) is 5.11 Å². The maximum Gasteiger partial charge on any atom is 0.338 e. The van der Waals surface area contributed by atoms with Gasteiger partial charge in [-0.1, -0.05) is 0 Å². The largest absolute Gasteiger partial charge is 0.478 e. The Morgan fingerprint density at radius 2 is 2.00 bits per heavy atom. The Kier molecular flexibility index (Phi) is 4.08. The van der Waals surface area contributed by atoms with E-state index in [2.05, 4.69) is 15.3 Å². The van der Waals surface area contributed by atoms with E-state index in [9.17, 15) is 9.59 Å². The third-order valence-electron chi connectivity index (χ3n) is 3.02. The summed E-state index contributed by atoms with van der Waals surface area (Å²) in [5, 5.41) is 10.8. The molecule has 19 heavy (non-hydrogen) atoms. The molecular formula is C12H16N4O3. The molecule has 0 unspecified atom stereocenters. The molecule has 7 nitrogen and oxygen atoms in total. The summed E-state index contributed by atoms with van der Waals surface area (Å²) in [5.74, 6) is -1.64. The Morgan fingerprint density at radius 3 is 2.63 bits per heavy atom. The third kappa shape index (κ3) is 3.27. The minimum Gasteiger partial charge on any atom is -0.478 e. The Labute approximate surface area is 110 Å². The lowest BCUT2D eigenvalue weighted by Gasteiger charge is -2.32. The van der Waals surface area contributed by atoms with Crippen LogP contribution in [0, 0.1) is 0 Å². The molecule has 1 aliphatic rings. The third-order valence-corrected chi connectivity index (χ3v) is 3.02. The molecule has 102 valence electrons. The van der Waals surface area contributed by atoms with Crippen LogP contribution in [0.1, 0.15) is 20.8 Å². The molecule has 0 saturated carbocycles. The van der Waals surface area contributed by atoms with Crippen LogP contribution in [0.4, 0.5) is 0 Å². The summed E-state index contributed by atoms with van der Waals surface area (Å²) in [6.45, 7) is 3.12. The van der Waals surface area contributed by atoms with Crippen LogP contribution in [-0.2, 0) is 0 Å². The number of aromatic nitrogens is 1. The number of likely N-dealkylation sites (N-methyl/N-ethyl adjacent to an activating group) is 1. The van der Waals surface area contributed by atoms with E-state index in [1.54, 1.807) is 5.01 Å². The number of aromatic carboxylic acids is 1. The predicted molar refractivity (Wildman–Crippen MR) is 67.7 cm³/mol. The standard InChI is InChI=1S/C12H16N4O3/c1-15-5-7-16(8-6-15)14-11(17)10-9(12(18)19)3-2-4-13-10/h2-4H,5-8H2,1H3,(H,14,17)(H,18,19). The van der Waals surface area contributed by atoms with Crippen molar-refractivity contribution in [2.45, 2.75) is 0 Å². The van der Waals surface area contributed by atoms with Gasteiger partial charge in [0.1, 0.15) is 5.69 Å². The number of carbonyl (C=O) groups excluding carboxylic acids is 1. The summed E-state index contributed by atoms with van der Waals surface area (Å²) in [6.07, 6.45) is 1.41. The normalized spacial score (nSPS) is 17.1. The van der Waals surface area contributed by atoms with Crippen molar-refractivity contribution in [3.05, 3.63) is 29.6 Å². The number of nitrogens with zero attached hydrogens (tertiary/aromatic N) is 3. The Hall–Kier alpha value is -1.99. The molecule has 2 heterocycles. The molecule has 0 radical (unpaired) electrons. The number of hydrogen-bond donors (Lipinski definition) is 2. The van der Waals surface area contributed by atoms with Crippen LogP contribution < -0.4 is 5.43 Å². The van der Waals surface area contributed by atoms with Crippen LogP contribution in [0.3, 0.4) is 0 Å². The van der Waals surface area contributed by atoms with E-state index in [-0.39, 0.29) is 11.3 Å². The zero-order valence-electron chi connectivity index (χ0n) is 10.7. The molecule has 0 bridgehead atoms.